The van der Waals surface area contributed by atoms with E-state index in [0.717, 1.165) is 24.6 Å². The van der Waals surface area contributed by atoms with E-state index in [1.54, 1.807) is 14.2 Å². The molecule has 1 aromatic rings. The molecule has 1 aliphatic heterocycles. The van der Waals surface area contributed by atoms with Crippen molar-refractivity contribution in [2.24, 2.45) is 0 Å². The molecule has 3 nitrogen and oxygen atoms in total. The van der Waals surface area contributed by atoms with Crippen molar-refractivity contribution in [3.8, 4) is 11.5 Å². The smallest absolute Gasteiger partial charge is 0.160 e. The molecule has 0 radical (unpaired) electrons. The summed E-state index contributed by atoms with van der Waals surface area (Å²) < 4.78 is 10.6. The molecule has 0 aliphatic carbocycles. The molecule has 1 saturated heterocycles. The van der Waals surface area contributed by atoms with Gasteiger partial charge in [0.1, 0.15) is 0 Å². The van der Waals surface area contributed by atoms with Crippen molar-refractivity contribution < 1.29 is 9.47 Å². The van der Waals surface area contributed by atoms with Crippen LogP contribution in [0, 0.1) is 0 Å². The summed E-state index contributed by atoms with van der Waals surface area (Å²) in [5, 5.41) is 3.38. The van der Waals surface area contributed by atoms with Gasteiger partial charge in [0.05, 0.1) is 14.2 Å². The van der Waals surface area contributed by atoms with E-state index in [2.05, 4.69) is 17.4 Å². The minimum Gasteiger partial charge on any atom is -0.493 e. The quantitative estimate of drug-likeness (QED) is 0.848. The third kappa shape index (κ3) is 2.30. The zero-order valence-corrected chi connectivity index (χ0v) is 9.95. The summed E-state index contributed by atoms with van der Waals surface area (Å²) in [6.07, 6.45) is 2.41. The van der Waals surface area contributed by atoms with Crippen LogP contribution in [-0.4, -0.2) is 27.3 Å². The third-order valence-corrected chi connectivity index (χ3v) is 3.22. The molecule has 3 heteroatoms. The van der Waals surface area contributed by atoms with Crippen LogP contribution in [0.3, 0.4) is 0 Å². The second-order valence-corrected chi connectivity index (χ2v) is 4.14. The molecule has 0 atom stereocenters. The summed E-state index contributed by atoms with van der Waals surface area (Å²) in [5.41, 5.74) is 1.36. The Morgan fingerprint density at radius 3 is 2.38 bits per heavy atom. The summed E-state index contributed by atoms with van der Waals surface area (Å²) in [6.45, 7) is 2.22. The van der Waals surface area contributed by atoms with E-state index in [4.69, 9.17) is 9.47 Å². The lowest BCUT2D eigenvalue weighted by molar-refractivity contribution is 0.353. The summed E-state index contributed by atoms with van der Waals surface area (Å²) in [6, 6.07) is 6.25. The maximum absolute atomic E-state index is 5.33. The first-order valence-electron chi connectivity index (χ1n) is 5.78. The Balaban J connectivity index is 2.20. The maximum atomic E-state index is 5.33. The van der Waals surface area contributed by atoms with E-state index in [9.17, 15) is 0 Å². The Bertz CT molecular complexity index is 346. The Morgan fingerprint density at radius 1 is 1.06 bits per heavy atom. The highest BCUT2D eigenvalue weighted by Crippen LogP contribution is 2.33. The van der Waals surface area contributed by atoms with Crippen molar-refractivity contribution in [2.45, 2.75) is 18.8 Å². The fourth-order valence-electron chi connectivity index (χ4n) is 2.26. The summed E-state index contributed by atoms with van der Waals surface area (Å²) in [4.78, 5) is 0. The van der Waals surface area contributed by atoms with Crippen LogP contribution in [0.4, 0.5) is 0 Å². The standard InChI is InChI=1S/C13H19NO2/c1-15-12-4-3-11(9-13(12)16-2)10-5-7-14-8-6-10/h3-4,9-10,14H,5-8H2,1-2H3. The number of rotatable bonds is 3. The zero-order chi connectivity index (χ0) is 11.4. The van der Waals surface area contributed by atoms with Crippen LogP contribution in [0.15, 0.2) is 18.2 Å². The van der Waals surface area contributed by atoms with Crippen molar-refractivity contribution in [1.29, 1.82) is 0 Å². The highest BCUT2D eigenvalue weighted by Gasteiger charge is 2.16. The first kappa shape index (κ1) is 11.3. The molecular formula is C13H19NO2. The lowest BCUT2D eigenvalue weighted by Gasteiger charge is -2.23. The Kier molecular flexibility index (Phi) is 3.67. The second-order valence-electron chi connectivity index (χ2n) is 4.14. The van der Waals surface area contributed by atoms with Gasteiger partial charge in [0.25, 0.3) is 0 Å². The molecule has 1 aliphatic rings. The van der Waals surface area contributed by atoms with E-state index in [-0.39, 0.29) is 0 Å². The number of ether oxygens (including phenoxy) is 2. The van der Waals surface area contributed by atoms with Gasteiger partial charge in [-0.1, -0.05) is 6.07 Å². The van der Waals surface area contributed by atoms with Crippen molar-refractivity contribution >= 4 is 0 Å². The van der Waals surface area contributed by atoms with E-state index < -0.39 is 0 Å². The predicted molar refractivity (Wildman–Crippen MR) is 64.4 cm³/mol. The zero-order valence-electron chi connectivity index (χ0n) is 9.95. The number of hydrogen-bond acceptors (Lipinski definition) is 3. The van der Waals surface area contributed by atoms with Gasteiger partial charge in [-0.25, -0.2) is 0 Å². The number of methoxy groups -OCH3 is 2. The first-order valence-corrected chi connectivity index (χ1v) is 5.78. The fourth-order valence-corrected chi connectivity index (χ4v) is 2.26. The van der Waals surface area contributed by atoms with Gasteiger partial charge in [0.2, 0.25) is 0 Å². The molecule has 0 saturated carbocycles. The lowest BCUT2D eigenvalue weighted by Crippen LogP contribution is -2.26. The topological polar surface area (TPSA) is 30.5 Å². The van der Waals surface area contributed by atoms with E-state index in [1.807, 2.05) is 6.07 Å². The molecule has 1 fully saturated rings. The fraction of sp³-hybridized carbons (Fsp3) is 0.538. The van der Waals surface area contributed by atoms with Crippen LogP contribution in [0.2, 0.25) is 0 Å². The second kappa shape index (κ2) is 5.21. The van der Waals surface area contributed by atoms with E-state index >= 15 is 0 Å². The monoisotopic (exact) mass is 221 g/mol. The van der Waals surface area contributed by atoms with Crippen LogP contribution in [0.25, 0.3) is 0 Å². The molecule has 0 amide bonds. The van der Waals surface area contributed by atoms with Crippen LogP contribution in [0.1, 0.15) is 24.3 Å². The summed E-state index contributed by atoms with van der Waals surface area (Å²) in [5.74, 6) is 2.29. The maximum Gasteiger partial charge on any atom is 0.160 e. The molecule has 0 aromatic heterocycles. The SMILES string of the molecule is COc1ccc(C2CCNCC2)cc1OC. The molecule has 0 unspecified atom stereocenters. The number of piperidine rings is 1. The number of hydrogen-bond donors (Lipinski definition) is 1. The Labute approximate surface area is 96.8 Å². The van der Waals surface area contributed by atoms with E-state index in [1.165, 1.54) is 18.4 Å². The van der Waals surface area contributed by atoms with Crippen molar-refractivity contribution in [3.63, 3.8) is 0 Å². The summed E-state index contributed by atoms with van der Waals surface area (Å²) in [7, 11) is 3.35. The van der Waals surface area contributed by atoms with Gasteiger partial charge >= 0.3 is 0 Å². The first-order chi connectivity index (χ1) is 7.85. The van der Waals surface area contributed by atoms with Gasteiger partial charge in [-0.15, -0.1) is 0 Å². The molecule has 16 heavy (non-hydrogen) atoms. The van der Waals surface area contributed by atoms with Crippen LogP contribution < -0.4 is 14.8 Å². The van der Waals surface area contributed by atoms with Crippen LogP contribution >= 0.6 is 0 Å². The van der Waals surface area contributed by atoms with Gasteiger partial charge in [0.15, 0.2) is 11.5 Å². The third-order valence-electron chi connectivity index (χ3n) is 3.22. The lowest BCUT2D eigenvalue weighted by atomic mass is 9.90. The van der Waals surface area contributed by atoms with Crippen molar-refractivity contribution in [2.75, 3.05) is 27.3 Å². The minimum atomic E-state index is 0.654. The minimum absolute atomic E-state index is 0.654. The average molecular weight is 221 g/mol. The predicted octanol–water partition coefficient (Wildman–Crippen LogP) is 2.17. The molecule has 1 heterocycles. The number of benzene rings is 1. The van der Waals surface area contributed by atoms with Crippen LogP contribution in [0.5, 0.6) is 11.5 Å². The highest BCUT2D eigenvalue weighted by atomic mass is 16.5. The Morgan fingerprint density at radius 2 is 1.75 bits per heavy atom. The van der Waals surface area contributed by atoms with Gasteiger partial charge in [0, 0.05) is 0 Å². The van der Waals surface area contributed by atoms with Crippen molar-refractivity contribution in [3.05, 3.63) is 23.8 Å². The van der Waals surface area contributed by atoms with Gasteiger partial charge < -0.3 is 14.8 Å². The highest BCUT2D eigenvalue weighted by molar-refractivity contribution is 5.44. The van der Waals surface area contributed by atoms with Gasteiger partial charge in [-0.3, -0.25) is 0 Å². The molecule has 1 N–H and O–H groups in total. The molecule has 1 aromatic carbocycles. The molecule has 88 valence electrons. The molecule has 2 rings (SSSR count). The molecular weight excluding hydrogens is 202 g/mol. The Hall–Kier alpha value is -1.22. The van der Waals surface area contributed by atoms with Gasteiger partial charge in [-0.05, 0) is 49.5 Å². The molecule has 0 spiro atoms. The van der Waals surface area contributed by atoms with Crippen LogP contribution in [-0.2, 0) is 0 Å². The number of nitrogens with one attached hydrogen (secondary N) is 1. The largest absolute Gasteiger partial charge is 0.493 e. The van der Waals surface area contributed by atoms with E-state index in [0.29, 0.717) is 5.92 Å². The normalized spacial score (nSPS) is 17.1. The van der Waals surface area contributed by atoms with Gasteiger partial charge in [-0.2, -0.15) is 0 Å². The molecule has 0 bridgehead atoms. The average Bonchev–Trinajstić information content (AvgIpc) is 2.39. The van der Waals surface area contributed by atoms with Crippen molar-refractivity contribution in [1.82, 2.24) is 5.32 Å². The summed E-state index contributed by atoms with van der Waals surface area (Å²) >= 11 is 0.